The third kappa shape index (κ3) is 25.1. The Hall–Kier alpha value is -7.34. The summed E-state index contributed by atoms with van der Waals surface area (Å²) in [6, 6.07) is 0.863. The molecule has 24 heteroatoms. The second-order valence-corrected chi connectivity index (χ2v) is 13.4. The van der Waals surface area contributed by atoms with Gasteiger partial charge in [-0.3, -0.25) is 19.4 Å². The number of methoxy groups -OCH3 is 2. The van der Waals surface area contributed by atoms with Crippen LogP contribution in [0.2, 0.25) is 0 Å². The molecule has 66 heavy (non-hydrogen) atoms. The summed E-state index contributed by atoms with van der Waals surface area (Å²) in [6.45, 7) is 13.8. The number of carboxylic acid groups (broad SMARTS) is 6. The van der Waals surface area contributed by atoms with E-state index in [0.29, 0.717) is 109 Å². The Morgan fingerprint density at radius 2 is 0.848 bits per heavy atom. The molecule has 364 valence electrons. The van der Waals surface area contributed by atoms with Gasteiger partial charge in [0.25, 0.3) is 11.8 Å². The Morgan fingerprint density at radius 3 is 1.08 bits per heavy atom. The smallest absolute Gasteiger partial charge is 0.328 e. The number of nitrogens with one attached hydrogen (secondary N) is 2. The highest BCUT2D eigenvalue weighted by Gasteiger charge is 2.25. The number of rotatable bonds is 18. The van der Waals surface area contributed by atoms with Crippen molar-refractivity contribution in [3.05, 3.63) is 71.6 Å². The third-order valence-corrected chi connectivity index (χ3v) is 9.03. The lowest BCUT2D eigenvalue weighted by molar-refractivity contribution is -0.134. The molecule has 4 rings (SSSR count). The number of carbonyl (C=O) groups excluding carboxylic acids is 2. The maximum Gasteiger partial charge on any atom is 0.328 e. The Bertz CT molecular complexity index is 1790. The largest absolute Gasteiger partial charge is 0.480 e. The monoisotopic (exact) mass is 932 g/mol. The zero-order valence-electron chi connectivity index (χ0n) is 37.7. The summed E-state index contributed by atoms with van der Waals surface area (Å²) in [5.74, 6) is -5.83. The van der Waals surface area contributed by atoms with Crippen LogP contribution in [0.4, 0.5) is 0 Å². The first-order valence-electron chi connectivity index (χ1n) is 20.5. The highest BCUT2D eigenvalue weighted by atomic mass is 16.5. The molecule has 0 saturated carbocycles. The quantitative estimate of drug-likeness (QED) is 0.0985. The number of aliphatic carboxylic acids is 6. The molecule has 0 bridgehead atoms. The molecule has 2 atom stereocenters. The Kier molecular flexibility index (Phi) is 29.5. The van der Waals surface area contributed by atoms with Crippen molar-refractivity contribution in [2.75, 3.05) is 53.5 Å². The molecule has 0 spiro atoms. The molecule has 0 aliphatic carbocycles. The van der Waals surface area contributed by atoms with Gasteiger partial charge in [-0.1, -0.05) is 27.7 Å². The number of nitrogens with zero attached hydrogens (tertiary/aromatic N) is 6. The number of hydrogen-bond donors (Lipinski definition) is 8. The molecule has 2 aliphatic heterocycles. The van der Waals surface area contributed by atoms with Gasteiger partial charge in [-0.15, -0.1) is 0 Å². The molecule has 4 heterocycles. The number of carbonyl (C=O) groups is 8. The first kappa shape index (κ1) is 58.7. The van der Waals surface area contributed by atoms with Gasteiger partial charge < -0.3 is 50.7 Å². The van der Waals surface area contributed by atoms with E-state index in [1.807, 2.05) is 13.8 Å². The number of hydrogen-bond acceptors (Lipinski definition) is 16. The first-order chi connectivity index (χ1) is 31.3. The van der Waals surface area contributed by atoms with Crippen molar-refractivity contribution in [3.8, 4) is 11.8 Å². The fourth-order valence-corrected chi connectivity index (χ4v) is 5.89. The molecule has 2 aromatic heterocycles. The maximum atomic E-state index is 12.3. The zero-order chi connectivity index (χ0) is 50.2. The van der Waals surface area contributed by atoms with Crippen LogP contribution in [0.3, 0.4) is 0 Å². The van der Waals surface area contributed by atoms with Crippen molar-refractivity contribution in [1.82, 2.24) is 40.4 Å². The van der Waals surface area contributed by atoms with Crippen molar-refractivity contribution in [2.45, 2.75) is 78.3 Å². The molecule has 8 N–H and O–H groups in total. The van der Waals surface area contributed by atoms with Gasteiger partial charge >= 0.3 is 35.8 Å². The molecule has 2 aromatic rings. The minimum Gasteiger partial charge on any atom is -0.480 e. The molecule has 2 fully saturated rings. The summed E-state index contributed by atoms with van der Waals surface area (Å²) in [6.07, 6.45) is 12.5. The van der Waals surface area contributed by atoms with Gasteiger partial charge in [0.05, 0.1) is 14.2 Å². The van der Waals surface area contributed by atoms with Crippen molar-refractivity contribution in [2.24, 2.45) is 0 Å². The number of aromatic nitrogens is 4. The van der Waals surface area contributed by atoms with Crippen LogP contribution in [-0.4, -0.2) is 174 Å². The van der Waals surface area contributed by atoms with Gasteiger partial charge in [-0.05, 0) is 51.9 Å². The van der Waals surface area contributed by atoms with Crippen molar-refractivity contribution >= 4 is 47.6 Å². The molecule has 2 aliphatic rings. The average Bonchev–Trinajstić information content (AvgIpc) is 3.97. The van der Waals surface area contributed by atoms with Gasteiger partial charge in [0.2, 0.25) is 11.8 Å². The van der Waals surface area contributed by atoms with E-state index in [1.165, 1.54) is 27.1 Å². The molecule has 0 radical (unpaired) electrons. The van der Waals surface area contributed by atoms with E-state index in [0.717, 1.165) is 39.0 Å². The van der Waals surface area contributed by atoms with Crippen LogP contribution in [0.1, 0.15) is 85.7 Å². The SMILES string of the molecule is CCc1ncc(C(=O)NCC2CCCN2CC)c(OC)n1.CCc1ncc(C(=O)NCC2CCCN2CC)c(OC)n1.O=C(O)/C=C/C(=O)O.O=C(O)/C=C/C(=O)O.O=C(O)/C=C/C(=O)O. The summed E-state index contributed by atoms with van der Waals surface area (Å²) < 4.78 is 10.4. The van der Waals surface area contributed by atoms with Crippen LogP contribution < -0.4 is 20.1 Å². The molecule has 24 nitrogen and oxygen atoms in total. The Labute approximate surface area is 381 Å². The van der Waals surface area contributed by atoms with Crippen LogP contribution >= 0.6 is 0 Å². The lowest BCUT2D eigenvalue weighted by atomic mass is 10.2. The summed E-state index contributed by atoms with van der Waals surface area (Å²) in [5.41, 5.74) is 0.798. The van der Waals surface area contributed by atoms with Crippen LogP contribution in [0, 0.1) is 0 Å². The van der Waals surface area contributed by atoms with Gasteiger partial charge in [-0.25, -0.2) is 38.7 Å². The molecule has 0 aromatic carbocycles. The van der Waals surface area contributed by atoms with Crippen molar-refractivity contribution < 1.29 is 78.5 Å². The van der Waals surface area contributed by atoms with E-state index >= 15 is 0 Å². The minimum atomic E-state index is -1.26. The summed E-state index contributed by atoms with van der Waals surface area (Å²) in [4.78, 5) is 104. The molecule has 2 amide bonds. The zero-order valence-corrected chi connectivity index (χ0v) is 37.7. The van der Waals surface area contributed by atoms with Crippen LogP contribution in [0.25, 0.3) is 0 Å². The fraction of sp³-hybridized carbons (Fsp3) is 0.476. The molecule has 2 saturated heterocycles. The van der Waals surface area contributed by atoms with E-state index in [-0.39, 0.29) is 11.8 Å². The maximum absolute atomic E-state index is 12.3. The number of aryl methyl sites for hydroxylation is 2. The molecular weight excluding hydrogens is 873 g/mol. The summed E-state index contributed by atoms with van der Waals surface area (Å²) in [7, 11) is 3.04. The highest BCUT2D eigenvalue weighted by Crippen LogP contribution is 2.19. The second-order valence-electron chi connectivity index (χ2n) is 13.4. The summed E-state index contributed by atoms with van der Waals surface area (Å²) >= 11 is 0. The number of amides is 2. The van der Waals surface area contributed by atoms with Crippen LogP contribution in [-0.2, 0) is 41.6 Å². The molecule has 2 unspecified atom stereocenters. The van der Waals surface area contributed by atoms with E-state index < -0.39 is 35.8 Å². The van der Waals surface area contributed by atoms with Gasteiger partial charge in [-0.2, -0.15) is 9.97 Å². The fourth-order valence-electron chi connectivity index (χ4n) is 5.89. The average molecular weight is 933 g/mol. The highest BCUT2D eigenvalue weighted by molar-refractivity contribution is 5.96. The number of ether oxygens (including phenoxy) is 2. The van der Waals surface area contributed by atoms with Crippen molar-refractivity contribution in [1.29, 1.82) is 0 Å². The van der Waals surface area contributed by atoms with E-state index in [4.69, 9.17) is 40.1 Å². The lowest BCUT2D eigenvalue weighted by Gasteiger charge is -2.22. The van der Waals surface area contributed by atoms with Crippen LogP contribution in [0.5, 0.6) is 11.8 Å². The van der Waals surface area contributed by atoms with E-state index in [1.54, 1.807) is 12.4 Å². The standard InChI is InChI=1S/2C15H24N4O2.3C4H4O4/c2*1-4-13-16-10-12(15(18-13)21-3)14(20)17-9-11-7-6-8-19(11)5-2;3*5-3(6)1-2-4(7)8/h2*10-11H,4-9H2,1-3H3,(H,17,20);3*1-2H,(H,5,6)(H,7,8)/b;;3*2-1+. The second kappa shape index (κ2) is 33.2. The number of likely N-dealkylation sites (tertiary alicyclic amines) is 2. The van der Waals surface area contributed by atoms with Crippen LogP contribution in [0.15, 0.2) is 48.8 Å². The Balaban J connectivity index is 0.000000871. The number of likely N-dealkylation sites (N-methyl/N-ethyl adjacent to an activating group) is 2. The lowest BCUT2D eigenvalue weighted by Crippen LogP contribution is -2.40. The number of carboxylic acids is 6. The van der Waals surface area contributed by atoms with Gasteiger partial charge in [0.1, 0.15) is 22.8 Å². The van der Waals surface area contributed by atoms with E-state index in [9.17, 15) is 38.4 Å². The van der Waals surface area contributed by atoms with Gasteiger partial charge in [0.15, 0.2) is 0 Å². The summed E-state index contributed by atoms with van der Waals surface area (Å²) in [5, 5.41) is 52.8. The van der Waals surface area contributed by atoms with E-state index in [2.05, 4.69) is 54.2 Å². The minimum absolute atomic E-state index is 0.169. The topological polar surface area (TPSA) is 358 Å². The Morgan fingerprint density at radius 1 is 0.561 bits per heavy atom. The predicted octanol–water partition coefficient (Wildman–Crippen LogP) is 1.66. The third-order valence-electron chi connectivity index (χ3n) is 9.03. The van der Waals surface area contributed by atoms with Gasteiger partial charge in [0, 0.05) is 86.9 Å². The molecular formula is C42H60N8O16. The predicted molar refractivity (Wildman–Crippen MR) is 234 cm³/mol. The van der Waals surface area contributed by atoms with Crippen molar-refractivity contribution in [3.63, 3.8) is 0 Å². The normalized spacial score (nSPS) is 15.4. The first-order valence-corrected chi connectivity index (χ1v) is 20.5.